The van der Waals surface area contributed by atoms with Crippen LogP contribution in [0.5, 0.6) is 11.6 Å². The summed E-state index contributed by atoms with van der Waals surface area (Å²) in [7, 11) is 1.65. The molecule has 2 fully saturated rings. The molecule has 2 aliphatic carbocycles. The third-order valence-electron chi connectivity index (χ3n) is 6.42. The maximum absolute atomic E-state index is 12.0. The highest BCUT2D eigenvalue weighted by atomic mass is 16.5. The van der Waals surface area contributed by atoms with Gasteiger partial charge in [-0.2, -0.15) is 4.98 Å². The van der Waals surface area contributed by atoms with E-state index in [2.05, 4.69) is 15.0 Å². The van der Waals surface area contributed by atoms with Crippen LogP contribution in [0, 0.1) is 18.8 Å². The van der Waals surface area contributed by atoms with Gasteiger partial charge in [-0.05, 0) is 64.0 Å². The maximum atomic E-state index is 12.0. The molecule has 0 saturated heterocycles. The Labute approximate surface area is 183 Å². The van der Waals surface area contributed by atoms with Gasteiger partial charge in [-0.25, -0.2) is 4.98 Å². The lowest BCUT2D eigenvalue weighted by Gasteiger charge is -2.28. The first kappa shape index (κ1) is 21.5. The van der Waals surface area contributed by atoms with Gasteiger partial charge in [-0.15, -0.1) is 0 Å². The van der Waals surface area contributed by atoms with Crippen molar-refractivity contribution in [1.82, 2.24) is 15.0 Å². The monoisotopic (exact) mass is 425 g/mol. The van der Waals surface area contributed by atoms with Gasteiger partial charge in [0.1, 0.15) is 11.6 Å². The lowest BCUT2D eigenvalue weighted by molar-refractivity contribution is -0.149. The average molecular weight is 426 g/mol. The molecule has 0 bridgehead atoms. The van der Waals surface area contributed by atoms with Crippen molar-refractivity contribution in [2.45, 2.75) is 57.8 Å². The Bertz CT molecular complexity index is 894. The van der Waals surface area contributed by atoms with E-state index in [0.29, 0.717) is 42.7 Å². The standard InChI is InChI=1S/C24H31N3O4/c1-4-30-24(28)17-7-5-16(6-8-17)21-13-25-15(2)27-23(21)31-14-18-11-20(18)22-10-9-19(29-3)12-26-22/h9-10,12-13,16-18,20H,4-8,11,14H2,1-3H3. The molecule has 2 unspecified atom stereocenters. The normalized spacial score (nSPS) is 25.0. The Balaban J connectivity index is 1.35. The van der Waals surface area contributed by atoms with Gasteiger partial charge in [0.25, 0.3) is 0 Å². The van der Waals surface area contributed by atoms with Crippen LogP contribution >= 0.6 is 0 Å². The van der Waals surface area contributed by atoms with Crippen molar-refractivity contribution in [1.29, 1.82) is 0 Å². The zero-order valence-corrected chi connectivity index (χ0v) is 18.5. The predicted molar refractivity (Wildman–Crippen MR) is 115 cm³/mol. The molecule has 2 aromatic rings. The Morgan fingerprint density at radius 3 is 2.61 bits per heavy atom. The third kappa shape index (κ3) is 5.14. The molecule has 2 aliphatic rings. The highest BCUT2D eigenvalue weighted by molar-refractivity contribution is 5.72. The SMILES string of the molecule is CCOC(=O)C1CCC(c2cnc(C)nc2OCC2CC2c2ccc(OC)cn2)CC1. The minimum atomic E-state index is -0.0653. The first-order chi connectivity index (χ1) is 15.1. The minimum Gasteiger partial charge on any atom is -0.495 e. The van der Waals surface area contributed by atoms with Crippen molar-refractivity contribution < 1.29 is 19.0 Å². The van der Waals surface area contributed by atoms with Gasteiger partial charge < -0.3 is 14.2 Å². The first-order valence-corrected chi connectivity index (χ1v) is 11.2. The van der Waals surface area contributed by atoms with Gasteiger partial charge in [-0.1, -0.05) is 0 Å². The molecule has 0 spiro atoms. The average Bonchev–Trinajstić information content (AvgIpc) is 3.58. The second-order valence-electron chi connectivity index (χ2n) is 8.51. The van der Waals surface area contributed by atoms with Crippen molar-refractivity contribution in [3.63, 3.8) is 0 Å². The number of hydrogen-bond acceptors (Lipinski definition) is 7. The number of nitrogens with zero attached hydrogens (tertiary/aromatic N) is 3. The van der Waals surface area contributed by atoms with E-state index in [0.717, 1.165) is 49.1 Å². The summed E-state index contributed by atoms with van der Waals surface area (Å²) in [4.78, 5) is 25.6. The fraction of sp³-hybridized carbons (Fsp3) is 0.583. The van der Waals surface area contributed by atoms with Gasteiger partial charge in [0.2, 0.25) is 5.88 Å². The van der Waals surface area contributed by atoms with Crippen molar-refractivity contribution >= 4 is 5.97 Å². The van der Waals surface area contributed by atoms with Gasteiger partial charge in [-0.3, -0.25) is 9.78 Å². The molecule has 7 heteroatoms. The molecule has 0 amide bonds. The molecule has 4 rings (SSSR count). The molecule has 2 atom stereocenters. The fourth-order valence-electron chi connectivity index (χ4n) is 4.47. The van der Waals surface area contributed by atoms with Crippen molar-refractivity contribution in [3.8, 4) is 11.6 Å². The third-order valence-corrected chi connectivity index (χ3v) is 6.42. The summed E-state index contributed by atoms with van der Waals surface area (Å²) >= 11 is 0. The Kier molecular flexibility index (Phi) is 6.68. The number of rotatable bonds is 8. The number of aryl methyl sites for hydroxylation is 1. The van der Waals surface area contributed by atoms with Gasteiger partial charge in [0, 0.05) is 29.3 Å². The van der Waals surface area contributed by atoms with Crippen LogP contribution in [-0.4, -0.2) is 41.2 Å². The zero-order chi connectivity index (χ0) is 21.8. The van der Waals surface area contributed by atoms with Crippen LogP contribution in [0.25, 0.3) is 0 Å². The Morgan fingerprint density at radius 2 is 1.94 bits per heavy atom. The predicted octanol–water partition coefficient (Wildman–Crippen LogP) is 4.21. The molecule has 0 aromatic carbocycles. The summed E-state index contributed by atoms with van der Waals surface area (Å²) in [6, 6.07) is 3.99. The second kappa shape index (κ2) is 9.62. The van der Waals surface area contributed by atoms with Crippen LogP contribution in [-0.2, 0) is 9.53 Å². The topological polar surface area (TPSA) is 83.4 Å². The van der Waals surface area contributed by atoms with E-state index in [1.807, 2.05) is 32.2 Å². The van der Waals surface area contributed by atoms with Crippen LogP contribution in [0.4, 0.5) is 0 Å². The van der Waals surface area contributed by atoms with Gasteiger partial charge in [0.05, 0.1) is 32.4 Å². The molecule has 166 valence electrons. The molecule has 2 heterocycles. The van der Waals surface area contributed by atoms with E-state index in [-0.39, 0.29) is 11.9 Å². The van der Waals surface area contributed by atoms with Crippen LogP contribution in [0.2, 0.25) is 0 Å². The van der Waals surface area contributed by atoms with Crippen LogP contribution in [0.15, 0.2) is 24.5 Å². The summed E-state index contributed by atoms with van der Waals surface area (Å²) in [6.45, 7) is 4.80. The van der Waals surface area contributed by atoms with E-state index in [4.69, 9.17) is 14.2 Å². The Morgan fingerprint density at radius 1 is 1.13 bits per heavy atom. The summed E-state index contributed by atoms with van der Waals surface area (Å²) in [5.74, 6) is 3.32. The molecule has 0 aliphatic heterocycles. The molecular formula is C24H31N3O4. The lowest BCUT2D eigenvalue weighted by atomic mass is 9.79. The largest absolute Gasteiger partial charge is 0.495 e. The number of aromatic nitrogens is 3. The maximum Gasteiger partial charge on any atom is 0.308 e. The molecule has 2 aromatic heterocycles. The van der Waals surface area contributed by atoms with Crippen molar-refractivity contribution in [3.05, 3.63) is 41.6 Å². The fourth-order valence-corrected chi connectivity index (χ4v) is 4.47. The highest BCUT2D eigenvalue weighted by Gasteiger charge is 2.40. The van der Waals surface area contributed by atoms with Gasteiger partial charge >= 0.3 is 5.97 Å². The number of carbonyl (C=O) groups is 1. The summed E-state index contributed by atoms with van der Waals surface area (Å²) < 4.78 is 16.6. The summed E-state index contributed by atoms with van der Waals surface area (Å²) in [5, 5.41) is 0. The zero-order valence-electron chi connectivity index (χ0n) is 18.5. The van der Waals surface area contributed by atoms with Crippen LogP contribution in [0.3, 0.4) is 0 Å². The number of pyridine rings is 1. The van der Waals surface area contributed by atoms with E-state index >= 15 is 0 Å². The molecule has 31 heavy (non-hydrogen) atoms. The second-order valence-corrected chi connectivity index (χ2v) is 8.51. The molecule has 7 nitrogen and oxygen atoms in total. The van der Waals surface area contributed by atoms with Crippen molar-refractivity contribution in [2.24, 2.45) is 11.8 Å². The Hall–Kier alpha value is -2.70. The number of methoxy groups -OCH3 is 1. The van der Waals surface area contributed by atoms with Gasteiger partial charge in [0.15, 0.2) is 0 Å². The number of carbonyl (C=O) groups excluding carboxylic acids is 1. The quantitative estimate of drug-likeness (QED) is 0.586. The molecule has 0 radical (unpaired) electrons. The highest BCUT2D eigenvalue weighted by Crippen LogP contribution is 2.47. The van der Waals surface area contributed by atoms with E-state index in [1.54, 1.807) is 13.3 Å². The number of esters is 1. The van der Waals surface area contributed by atoms with E-state index < -0.39 is 0 Å². The van der Waals surface area contributed by atoms with Crippen molar-refractivity contribution in [2.75, 3.05) is 20.3 Å². The molecule has 2 saturated carbocycles. The minimum absolute atomic E-state index is 0.0103. The smallest absolute Gasteiger partial charge is 0.308 e. The number of hydrogen-bond donors (Lipinski definition) is 0. The molecular weight excluding hydrogens is 394 g/mol. The van der Waals surface area contributed by atoms with E-state index in [1.165, 1.54) is 0 Å². The summed E-state index contributed by atoms with van der Waals surface area (Å²) in [6.07, 6.45) is 8.27. The summed E-state index contributed by atoms with van der Waals surface area (Å²) in [5.41, 5.74) is 2.15. The lowest BCUT2D eigenvalue weighted by Crippen LogP contribution is -2.23. The first-order valence-electron chi connectivity index (χ1n) is 11.2. The molecule has 0 N–H and O–H groups in total. The van der Waals surface area contributed by atoms with E-state index in [9.17, 15) is 4.79 Å². The number of ether oxygens (including phenoxy) is 3. The van der Waals surface area contributed by atoms with Crippen LogP contribution < -0.4 is 9.47 Å². The van der Waals surface area contributed by atoms with Crippen LogP contribution in [0.1, 0.15) is 67.9 Å².